The number of hydrogen-bond acceptors (Lipinski definition) is 3. The van der Waals surface area contributed by atoms with Crippen molar-refractivity contribution in [2.75, 3.05) is 20.1 Å². The Hall–Kier alpha value is -0.870. The summed E-state index contributed by atoms with van der Waals surface area (Å²) < 4.78 is 0. The standard InChI is InChI=1S/C16H20ClN3.ClH/c1-18-13-6-9-20(10-7-13)11-12-4-5-15(17)14-3-2-8-19-16(12)14;/h2-5,8,13,18H,6-7,9-11H2,1H3;1H. The Morgan fingerprint density at radius 1 is 1.29 bits per heavy atom. The van der Waals surface area contributed by atoms with Crippen molar-refractivity contribution < 1.29 is 0 Å². The Kier molecular flexibility index (Phi) is 5.82. The molecule has 1 N–H and O–H groups in total. The van der Waals surface area contributed by atoms with Gasteiger partial charge in [0.25, 0.3) is 0 Å². The number of halogens is 2. The van der Waals surface area contributed by atoms with Crippen LogP contribution in [-0.2, 0) is 6.54 Å². The van der Waals surface area contributed by atoms with Crippen LogP contribution < -0.4 is 5.32 Å². The topological polar surface area (TPSA) is 28.2 Å². The number of pyridine rings is 1. The van der Waals surface area contributed by atoms with Crippen LogP contribution in [0, 0.1) is 0 Å². The van der Waals surface area contributed by atoms with Gasteiger partial charge in [0.2, 0.25) is 0 Å². The molecule has 0 unspecified atom stereocenters. The van der Waals surface area contributed by atoms with E-state index in [-0.39, 0.29) is 12.4 Å². The third kappa shape index (κ3) is 3.67. The number of nitrogens with zero attached hydrogens (tertiary/aromatic N) is 2. The molecule has 0 amide bonds. The highest BCUT2D eigenvalue weighted by Gasteiger charge is 2.18. The fourth-order valence-corrected chi connectivity index (χ4v) is 3.16. The van der Waals surface area contributed by atoms with Crippen LogP contribution in [0.3, 0.4) is 0 Å². The predicted octanol–water partition coefficient (Wildman–Crippen LogP) is 3.49. The van der Waals surface area contributed by atoms with E-state index >= 15 is 0 Å². The number of hydrogen-bond donors (Lipinski definition) is 1. The van der Waals surface area contributed by atoms with Gasteiger partial charge in [-0.15, -0.1) is 12.4 Å². The van der Waals surface area contributed by atoms with Gasteiger partial charge in [-0.2, -0.15) is 0 Å². The predicted molar refractivity (Wildman–Crippen MR) is 91.4 cm³/mol. The largest absolute Gasteiger partial charge is 0.317 e. The van der Waals surface area contributed by atoms with Gasteiger partial charge in [0.05, 0.1) is 5.52 Å². The van der Waals surface area contributed by atoms with E-state index in [1.54, 1.807) is 0 Å². The maximum atomic E-state index is 6.25. The number of piperidine rings is 1. The lowest BCUT2D eigenvalue weighted by Gasteiger charge is -2.31. The molecule has 0 saturated carbocycles. The van der Waals surface area contributed by atoms with Crippen LogP contribution in [0.1, 0.15) is 18.4 Å². The van der Waals surface area contributed by atoms with Gasteiger partial charge >= 0.3 is 0 Å². The summed E-state index contributed by atoms with van der Waals surface area (Å²) in [6, 6.07) is 8.76. The molecule has 2 heterocycles. The Bertz CT molecular complexity index is 595. The van der Waals surface area contributed by atoms with Gasteiger partial charge < -0.3 is 5.32 Å². The first-order valence-electron chi connectivity index (χ1n) is 7.19. The minimum absolute atomic E-state index is 0. The summed E-state index contributed by atoms with van der Waals surface area (Å²) in [5, 5.41) is 5.20. The van der Waals surface area contributed by atoms with Crippen LogP contribution in [-0.4, -0.2) is 36.1 Å². The third-order valence-electron chi connectivity index (χ3n) is 4.19. The Morgan fingerprint density at radius 3 is 2.76 bits per heavy atom. The Balaban J connectivity index is 0.00000161. The zero-order valence-corrected chi connectivity index (χ0v) is 13.8. The number of likely N-dealkylation sites (tertiary alicyclic amines) is 1. The number of fused-ring (bicyclic) bond motifs is 1. The van der Waals surface area contributed by atoms with Crippen LogP contribution in [0.15, 0.2) is 30.5 Å². The van der Waals surface area contributed by atoms with Crippen molar-refractivity contribution in [2.45, 2.75) is 25.4 Å². The summed E-state index contributed by atoms with van der Waals surface area (Å²) >= 11 is 6.25. The molecule has 0 spiro atoms. The molecule has 0 radical (unpaired) electrons. The quantitative estimate of drug-likeness (QED) is 0.936. The molecule has 3 nitrogen and oxygen atoms in total. The average molecular weight is 326 g/mol. The van der Waals surface area contributed by atoms with Gasteiger partial charge in [0, 0.05) is 29.2 Å². The van der Waals surface area contributed by atoms with Gasteiger partial charge in [-0.1, -0.05) is 17.7 Å². The van der Waals surface area contributed by atoms with E-state index in [2.05, 4.69) is 28.3 Å². The maximum absolute atomic E-state index is 6.25. The molecule has 1 fully saturated rings. The Labute approximate surface area is 137 Å². The van der Waals surface area contributed by atoms with Crippen molar-refractivity contribution in [1.82, 2.24) is 15.2 Å². The number of benzene rings is 1. The van der Waals surface area contributed by atoms with Crippen molar-refractivity contribution in [3.8, 4) is 0 Å². The summed E-state index contributed by atoms with van der Waals surface area (Å²) in [7, 11) is 2.05. The summed E-state index contributed by atoms with van der Waals surface area (Å²) in [6.45, 7) is 3.24. The normalized spacial score (nSPS) is 16.9. The molecule has 1 aliphatic rings. The molecule has 1 aliphatic heterocycles. The zero-order valence-electron chi connectivity index (χ0n) is 12.2. The van der Waals surface area contributed by atoms with Crippen molar-refractivity contribution in [3.63, 3.8) is 0 Å². The SMILES string of the molecule is CNC1CCN(Cc2ccc(Cl)c3cccnc23)CC1.Cl. The van der Waals surface area contributed by atoms with Crippen molar-refractivity contribution >= 4 is 34.9 Å². The number of aromatic nitrogens is 1. The first-order valence-corrected chi connectivity index (χ1v) is 7.57. The maximum Gasteiger partial charge on any atom is 0.0761 e. The lowest BCUT2D eigenvalue weighted by atomic mass is 10.0. The summed E-state index contributed by atoms with van der Waals surface area (Å²) in [5.41, 5.74) is 2.31. The number of rotatable bonds is 3. The van der Waals surface area contributed by atoms with Crippen molar-refractivity contribution in [2.24, 2.45) is 0 Å². The highest BCUT2D eigenvalue weighted by Crippen LogP contribution is 2.26. The van der Waals surface area contributed by atoms with E-state index in [9.17, 15) is 0 Å². The van der Waals surface area contributed by atoms with Gasteiger partial charge in [0.1, 0.15) is 0 Å². The third-order valence-corrected chi connectivity index (χ3v) is 4.52. The fraction of sp³-hybridized carbons (Fsp3) is 0.438. The second kappa shape index (κ2) is 7.41. The van der Waals surface area contributed by atoms with Gasteiger partial charge in [-0.05, 0) is 56.7 Å². The molecular formula is C16H21Cl2N3. The van der Waals surface area contributed by atoms with E-state index in [0.717, 1.165) is 35.6 Å². The lowest BCUT2D eigenvalue weighted by molar-refractivity contribution is 0.195. The molecule has 2 aromatic rings. The minimum atomic E-state index is 0. The van der Waals surface area contributed by atoms with Gasteiger partial charge in [-0.3, -0.25) is 9.88 Å². The van der Waals surface area contributed by atoms with Crippen molar-refractivity contribution in [1.29, 1.82) is 0 Å². The van der Waals surface area contributed by atoms with Crippen molar-refractivity contribution in [3.05, 3.63) is 41.0 Å². The fourth-order valence-electron chi connectivity index (χ4n) is 2.94. The van der Waals surface area contributed by atoms with Crippen LogP contribution >= 0.6 is 24.0 Å². The monoisotopic (exact) mass is 325 g/mol. The van der Waals surface area contributed by atoms with E-state index in [0.29, 0.717) is 6.04 Å². The molecule has 0 aliphatic carbocycles. The molecule has 1 aromatic heterocycles. The summed E-state index contributed by atoms with van der Waals surface area (Å²) in [5.74, 6) is 0. The van der Waals surface area contributed by atoms with Crippen LogP contribution in [0.2, 0.25) is 5.02 Å². The molecular weight excluding hydrogens is 305 g/mol. The van der Waals surface area contributed by atoms with E-state index < -0.39 is 0 Å². The molecule has 1 saturated heterocycles. The smallest absolute Gasteiger partial charge is 0.0761 e. The van der Waals surface area contributed by atoms with E-state index in [1.165, 1.54) is 18.4 Å². The zero-order chi connectivity index (χ0) is 13.9. The molecule has 0 bridgehead atoms. The first-order chi connectivity index (χ1) is 9.78. The second-order valence-corrected chi connectivity index (χ2v) is 5.85. The van der Waals surface area contributed by atoms with Gasteiger partial charge in [0.15, 0.2) is 0 Å². The second-order valence-electron chi connectivity index (χ2n) is 5.45. The minimum Gasteiger partial charge on any atom is -0.317 e. The van der Waals surface area contributed by atoms with Crippen LogP contribution in [0.4, 0.5) is 0 Å². The van der Waals surface area contributed by atoms with Gasteiger partial charge in [-0.25, -0.2) is 0 Å². The highest BCUT2D eigenvalue weighted by molar-refractivity contribution is 6.35. The lowest BCUT2D eigenvalue weighted by Crippen LogP contribution is -2.40. The summed E-state index contributed by atoms with van der Waals surface area (Å²) in [6.07, 6.45) is 4.28. The average Bonchev–Trinajstić information content (AvgIpc) is 2.51. The molecule has 21 heavy (non-hydrogen) atoms. The highest BCUT2D eigenvalue weighted by atomic mass is 35.5. The molecule has 3 rings (SSSR count). The molecule has 1 aromatic carbocycles. The molecule has 5 heteroatoms. The van der Waals surface area contributed by atoms with E-state index in [4.69, 9.17) is 11.6 Å². The van der Waals surface area contributed by atoms with Crippen LogP contribution in [0.5, 0.6) is 0 Å². The Morgan fingerprint density at radius 2 is 2.05 bits per heavy atom. The van der Waals surface area contributed by atoms with Crippen LogP contribution in [0.25, 0.3) is 10.9 Å². The number of nitrogens with one attached hydrogen (secondary N) is 1. The van der Waals surface area contributed by atoms with E-state index in [1.807, 2.05) is 24.4 Å². The molecule has 0 atom stereocenters. The summed E-state index contributed by atoms with van der Waals surface area (Å²) in [4.78, 5) is 7.02. The molecule has 114 valence electrons. The first kappa shape index (κ1) is 16.5.